The zero-order valence-electron chi connectivity index (χ0n) is 14.6. The molecule has 0 aromatic carbocycles. The normalized spacial score (nSPS) is 13.7. The average Bonchev–Trinajstić information content (AvgIpc) is 3.21. The molecule has 0 unspecified atom stereocenters. The second-order valence-corrected chi connectivity index (χ2v) is 8.57. The molecule has 1 aliphatic carbocycles. The van der Waals surface area contributed by atoms with Crippen LogP contribution in [0.5, 0.6) is 0 Å². The summed E-state index contributed by atoms with van der Waals surface area (Å²) in [7, 11) is 0. The number of rotatable bonds is 6. The van der Waals surface area contributed by atoms with Gasteiger partial charge in [-0.3, -0.25) is 4.79 Å². The molecule has 25 heavy (non-hydrogen) atoms. The first-order valence-corrected chi connectivity index (χ1v) is 10.7. The minimum Gasteiger partial charge on any atom is -0.299 e. The molecule has 3 aromatic heterocycles. The largest absolute Gasteiger partial charge is 0.299 e. The summed E-state index contributed by atoms with van der Waals surface area (Å²) in [4.78, 5) is 26.5. The molecular weight excluding hydrogens is 350 g/mol. The summed E-state index contributed by atoms with van der Waals surface area (Å²) in [5.74, 6) is 0.618. The van der Waals surface area contributed by atoms with Crippen LogP contribution in [0.25, 0.3) is 20.4 Å². The van der Waals surface area contributed by atoms with Crippen molar-refractivity contribution in [3.8, 4) is 0 Å². The summed E-state index contributed by atoms with van der Waals surface area (Å²) in [6.45, 7) is 3.84. The van der Waals surface area contributed by atoms with E-state index in [0.29, 0.717) is 5.75 Å². The van der Waals surface area contributed by atoms with Crippen molar-refractivity contribution in [1.29, 1.82) is 0 Å². The van der Waals surface area contributed by atoms with Gasteiger partial charge in [0.2, 0.25) is 0 Å². The highest BCUT2D eigenvalue weighted by atomic mass is 32.2. The number of ketones is 1. The summed E-state index contributed by atoms with van der Waals surface area (Å²) in [5, 5.41) is 2.14. The number of thioether (sulfide) groups is 1. The topological polar surface area (TPSA) is 55.7 Å². The number of pyridine rings is 1. The van der Waals surface area contributed by atoms with Crippen molar-refractivity contribution in [3.05, 3.63) is 23.1 Å². The maximum atomic E-state index is 11.4. The highest BCUT2D eigenvalue weighted by Gasteiger charge is 2.24. The molecule has 4 rings (SSSR count). The number of carbonyl (C=O) groups is 1. The molecule has 0 aliphatic heterocycles. The number of Topliss-reactive ketones (excluding diaryl/α,β-unsaturated/α-hetero) is 1. The number of hydrogen-bond donors (Lipinski definition) is 0. The Balaban J connectivity index is 1.90. The molecule has 0 atom stereocenters. The third-order valence-corrected chi connectivity index (χ3v) is 7.05. The van der Waals surface area contributed by atoms with E-state index >= 15 is 0 Å². The fraction of sp³-hybridized carbons (Fsp3) is 0.474. The van der Waals surface area contributed by atoms with Crippen LogP contribution in [0.15, 0.2) is 11.4 Å². The molecule has 6 heteroatoms. The second-order valence-electron chi connectivity index (χ2n) is 6.60. The Morgan fingerprint density at radius 3 is 2.92 bits per heavy atom. The van der Waals surface area contributed by atoms with Crippen LogP contribution in [0.3, 0.4) is 0 Å². The van der Waals surface area contributed by atoms with Crippen LogP contribution in [-0.2, 0) is 24.1 Å². The van der Waals surface area contributed by atoms with Crippen LogP contribution < -0.4 is 0 Å². The molecule has 3 heterocycles. The summed E-state index contributed by atoms with van der Waals surface area (Å²) in [5.41, 5.74) is 5.24. The summed E-state index contributed by atoms with van der Waals surface area (Å²) in [6.07, 6.45) is 8.56. The highest BCUT2D eigenvalue weighted by Crippen LogP contribution is 2.42. The van der Waals surface area contributed by atoms with Gasteiger partial charge >= 0.3 is 0 Å². The van der Waals surface area contributed by atoms with Crippen LogP contribution >= 0.6 is 23.1 Å². The maximum absolute atomic E-state index is 11.4. The van der Waals surface area contributed by atoms with Gasteiger partial charge in [0, 0.05) is 11.1 Å². The van der Waals surface area contributed by atoms with Gasteiger partial charge in [-0.1, -0.05) is 25.1 Å². The number of nitrogens with zero attached hydrogens (tertiary/aromatic N) is 3. The minimum absolute atomic E-state index is 0.166. The van der Waals surface area contributed by atoms with Crippen LogP contribution in [0.2, 0.25) is 0 Å². The van der Waals surface area contributed by atoms with Crippen LogP contribution in [-0.4, -0.2) is 26.5 Å². The van der Waals surface area contributed by atoms with Gasteiger partial charge in [0.25, 0.3) is 0 Å². The van der Waals surface area contributed by atoms with E-state index in [4.69, 9.17) is 4.98 Å². The Labute approximate surface area is 155 Å². The molecule has 0 bridgehead atoms. The van der Waals surface area contributed by atoms with Gasteiger partial charge in [0.15, 0.2) is 0 Å². The number of aryl methyl sites for hydroxylation is 2. The summed E-state index contributed by atoms with van der Waals surface area (Å²) >= 11 is 3.19. The maximum Gasteiger partial charge on any atom is 0.140 e. The van der Waals surface area contributed by atoms with Crippen LogP contribution in [0.4, 0.5) is 0 Å². The van der Waals surface area contributed by atoms with E-state index < -0.39 is 0 Å². The van der Waals surface area contributed by atoms with Crippen molar-refractivity contribution in [3.63, 3.8) is 0 Å². The van der Waals surface area contributed by atoms with Crippen molar-refractivity contribution in [2.75, 3.05) is 5.75 Å². The first-order chi connectivity index (χ1) is 12.2. The fourth-order valence-electron chi connectivity index (χ4n) is 3.58. The molecule has 4 nitrogen and oxygen atoms in total. The standard InChI is InChI=1S/C19H21N3OS2/c1-3-4-8-14-12-6-5-7-13(12)15-16-17(25-18(15)22-14)19(21-10-20-16)24-9-11(2)23/h10H,3-9H2,1-2H3. The molecule has 0 spiro atoms. The third kappa shape index (κ3) is 3.06. The molecule has 0 N–H and O–H groups in total. The number of thiophene rings is 1. The van der Waals surface area contributed by atoms with Gasteiger partial charge < -0.3 is 0 Å². The SMILES string of the molecule is CCCCc1nc2sc3c(SCC(C)=O)ncnc3c2c2c1CCC2. The lowest BCUT2D eigenvalue weighted by atomic mass is 10.0. The molecule has 0 saturated carbocycles. The predicted molar refractivity (Wildman–Crippen MR) is 105 cm³/mol. The predicted octanol–water partition coefficient (Wildman–Crippen LogP) is 4.75. The first-order valence-electron chi connectivity index (χ1n) is 8.89. The first kappa shape index (κ1) is 16.9. The lowest BCUT2D eigenvalue weighted by Crippen LogP contribution is -1.98. The van der Waals surface area contributed by atoms with Crippen molar-refractivity contribution < 1.29 is 4.79 Å². The number of hydrogen-bond acceptors (Lipinski definition) is 6. The summed E-state index contributed by atoms with van der Waals surface area (Å²) in [6, 6.07) is 0. The van der Waals surface area contributed by atoms with E-state index in [9.17, 15) is 4.79 Å². The average molecular weight is 372 g/mol. The molecule has 0 fully saturated rings. The molecule has 3 aromatic rings. The molecule has 0 saturated heterocycles. The van der Waals surface area contributed by atoms with Crippen molar-refractivity contribution in [2.45, 2.75) is 57.4 Å². The van der Waals surface area contributed by atoms with Crippen molar-refractivity contribution in [1.82, 2.24) is 15.0 Å². The van der Waals surface area contributed by atoms with Gasteiger partial charge in [0.1, 0.15) is 22.0 Å². The Morgan fingerprint density at radius 2 is 2.12 bits per heavy atom. The number of fused-ring (bicyclic) bond motifs is 5. The molecule has 130 valence electrons. The van der Waals surface area contributed by atoms with E-state index in [1.54, 1.807) is 24.6 Å². The van der Waals surface area contributed by atoms with Gasteiger partial charge in [-0.15, -0.1) is 11.3 Å². The molecule has 0 amide bonds. The van der Waals surface area contributed by atoms with E-state index in [-0.39, 0.29) is 5.78 Å². The molecule has 0 radical (unpaired) electrons. The summed E-state index contributed by atoms with van der Waals surface area (Å²) < 4.78 is 1.08. The monoisotopic (exact) mass is 371 g/mol. The zero-order valence-corrected chi connectivity index (χ0v) is 16.2. The van der Waals surface area contributed by atoms with Crippen LogP contribution in [0.1, 0.15) is 49.9 Å². The number of aromatic nitrogens is 3. The van der Waals surface area contributed by atoms with Gasteiger partial charge in [-0.05, 0) is 50.2 Å². The quantitative estimate of drug-likeness (QED) is 0.462. The Morgan fingerprint density at radius 1 is 1.28 bits per heavy atom. The lowest BCUT2D eigenvalue weighted by Gasteiger charge is -2.08. The van der Waals surface area contributed by atoms with E-state index in [2.05, 4.69) is 16.9 Å². The van der Waals surface area contributed by atoms with E-state index in [1.807, 2.05) is 0 Å². The second kappa shape index (κ2) is 7.00. The van der Waals surface area contributed by atoms with Gasteiger partial charge in [-0.25, -0.2) is 15.0 Å². The van der Waals surface area contributed by atoms with Crippen molar-refractivity contribution in [2.24, 2.45) is 0 Å². The minimum atomic E-state index is 0.166. The molecule has 1 aliphatic rings. The van der Waals surface area contributed by atoms with Crippen molar-refractivity contribution >= 4 is 49.3 Å². The zero-order chi connectivity index (χ0) is 17.4. The van der Waals surface area contributed by atoms with Gasteiger partial charge in [-0.2, -0.15) is 0 Å². The Hall–Kier alpha value is -1.53. The van der Waals surface area contributed by atoms with Gasteiger partial charge in [0.05, 0.1) is 16.0 Å². The third-order valence-electron chi connectivity index (χ3n) is 4.70. The van der Waals surface area contributed by atoms with E-state index in [0.717, 1.165) is 39.3 Å². The Kier molecular flexibility index (Phi) is 4.73. The van der Waals surface area contributed by atoms with E-state index in [1.165, 1.54) is 53.2 Å². The Bertz CT molecular complexity index is 964. The number of carbonyl (C=O) groups excluding carboxylic acids is 1. The fourth-order valence-corrected chi connectivity index (χ4v) is 5.63. The smallest absolute Gasteiger partial charge is 0.140 e. The number of unbranched alkanes of at least 4 members (excludes halogenated alkanes) is 1. The highest BCUT2D eigenvalue weighted by molar-refractivity contribution is 8.00. The van der Waals surface area contributed by atoms with Crippen LogP contribution in [0, 0.1) is 0 Å². The lowest BCUT2D eigenvalue weighted by molar-refractivity contribution is -0.114. The molecular formula is C19H21N3OS2.